The van der Waals surface area contributed by atoms with E-state index in [1.165, 1.54) is 6.07 Å². The van der Waals surface area contributed by atoms with Crippen LogP contribution in [0.1, 0.15) is 0 Å². The normalized spacial score (nSPS) is 10.3. The molecule has 1 N–H and O–H groups in total. The average molecular weight is 296 g/mol. The quantitative estimate of drug-likeness (QED) is 0.799. The molecule has 0 aliphatic heterocycles. The number of rotatable bonds is 4. The number of hydrogen-bond acceptors (Lipinski definition) is 5. The second-order valence-corrected chi connectivity index (χ2v) is 4.46. The molecule has 0 bridgehead atoms. The van der Waals surface area contributed by atoms with Gasteiger partial charge in [-0.2, -0.15) is 0 Å². The standard InChI is InChI=1S/C16H13FN4O/c1-22-15-10-11(6-8-18-15)13-7-9-19-16(20-13)21-14-5-3-2-4-12(14)17/h2-10H,1H3,(H,19,20,21). The molecular formula is C16H13FN4O. The number of hydrogen-bond donors (Lipinski definition) is 1. The van der Waals surface area contributed by atoms with Crippen LogP contribution in [0, 0.1) is 5.82 Å². The molecule has 0 spiro atoms. The number of halogens is 1. The van der Waals surface area contributed by atoms with Gasteiger partial charge in [0.15, 0.2) is 0 Å². The average Bonchev–Trinajstić information content (AvgIpc) is 2.57. The molecule has 6 heteroatoms. The molecule has 1 aromatic carbocycles. The van der Waals surface area contributed by atoms with Crippen LogP contribution in [0.4, 0.5) is 16.0 Å². The first-order valence-corrected chi connectivity index (χ1v) is 6.61. The molecule has 0 aliphatic rings. The lowest BCUT2D eigenvalue weighted by Crippen LogP contribution is -1.99. The number of anilines is 2. The summed E-state index contributed by atoms with van der Waals surface area (Å²) in [5.74, 6) is 0.459. The van der Waals surface area contributed by atoms with Gasteiger partial charge < -0.3 is 10.1 Å². The van der Waals surface area contributed by atoms with Crippen LogP contribution >= 0.6 is 0 Å². The first-order chi connectivity index (χ1) is 10.8. The summed E-state index contributed by atoms with van der Waals surface area (Å²) in [6.07, 6.45) is 3.25. The van der Waals surface area contributed by atoms with Gasteiger partial charge >= 0.3 is 0 Å². The van der Waals surface area contributed by atoms with Crippen molar-refractivity contribution in [3.8, 4) is 17.1 Å². The van der Waals surface area contributed by atoms with Crippen molar-refractivity contribution in [1.29, 1.82) is 0 Å². The van der Waals surface area contributed by atoms with Crippen LogP contribution in [0.15, 0.2) is 54.9 Å². The third-order valence-electron chi connectivity index (χ3n) is 3.02. The van der Waals surface area contributed by atoms with Gasteiger partial charge in [0.25, 0.3) is 0 Å². The number of nitrogens with one attached hydrogen (secondary N) is 1. The van der Waals surface area contributed by atoms with E-state index in [1.807, 2.05) is 6.07 Å². The third kappa shape index (κ3) is 3.01. The van der Waals surface area contributed by atoms with Crippen molar-refractivity contribution in [2.45, 2.75) is 0 Å². The molecule has 3 rings (SSSR count). The first-order valence-electron chi connectivity index (χ1n) is 6.61. The third-order valence-corrected chi connectivity index (χ3v) is 3.02. The van der Waals surface area contributed by atoms with Crippen molar-refractivity contribution in [2.75, 3.05) is 12.4 Å². The van der Waals surface area contributed by atoms with Gasteiger partial charge in [-0.25, -0.2) is 19.3 Å². The van der Waals surface area contributed by atoms with E-state index >= 15 is 0 Å². The Morgan fingerprint density at radius 1 is 1.05 bits per heavy atom. The number of methoxy groups -OCH3 is 1. The van der Waals surface area contributed by atoms with Crippen LogP contribution in [0.25, 0.3) is 11.3 Å². The molecule has 0 aliphatic carbocycles. The summed E-state index contributed by atoms with van der Waals surface area (Å²) in [6, 6.07) is 11.7. The van der Waals surface area contributed by atoms with E-state index in [0.717, 1.165) is 5.56 Å². The fourth-order valence-electron chi connectivity index (χ4n) is 1.94. The zero-order chi connectivity index (χ0) is 15.4. The van der Waals surface area contributed by atoms with Crippen molar-refractivity contribution in [3.63, 3.8) is 0 Å². The van der Waals surface area contributed by atoms with E-state index in [2.05, 4.69) is 20.3 Å². The molecule has 0 fully saturated rings. The highest BCUT2D eigenvalue weighted by atomic mass is 19.1. The van der Waals surface area contributed by atoms with Crippen LogP contribution in [0.2, 0.25) is 0 Å². The number of para-hydroxylation sites is 1. The van der Waals surface area contributed by atoms with Gasteiger partial charge in [-0.05, 0) is 24.3 Å². The van der Waals surface area contributed by atoms with E-state index in [-0.39, 0.29) is 5.82 Å². The molecule has 0 unspecified atom stereocenters. The lowest BCUT2D eigenvalue weighted by atomic mass is 10.2. The molecule has 0 saturated carbocycles. The molecule has 3 aromatic rings. The topological polar surface area (TPSA) is 59.9 Å². The Labute approximate surface area is 126 Å². The van der Waals surface area contributed by atoms with Crippen LogP contribution in [0.3, 0.4) is 0 Å². The van der Waals surface area contributed by atoms with Crippen molar-refractivity contribution in [1.82, 2.24) is 15.0 Å². The van der Waals surface area contributed by atoms with Crippen molar-refractivity contribution < 1.29 is 9.13 Å². The molecule has 110 valence electrons. The van der Waals surface area contributed by atoms with Gasteiger partial charge in [-0.15, -0.1) is 0 Å². The van der Waals surface area contributed by atoms with E-state index in [9.17, 15) is 4.39 Å². The second-order valence-electron chi connectivity index (χ2n) is 4.46. The number of benzene rings is 1. The molecule has 0 amide bonds. The monoisotopic (exact) mass is 296 g/mol. The van der Waals surface area contributed by atoms with Gasteiger partial charge in [-0.1, -0.05) is 12.1 Å². The minimum absolute atomic E-state index is 0.318. The first kappa shape index (κ1) is 13.9. The van der Waals surface area contributed by atoms with Crippen molar-refractivity contribution in [3.05, 3.63) is 60.7 Å². The zero-order valence-electron chi connectivity index (χ0n) is 11.8. The Morgan fingerprint density at radius 2 is 1.86 bits per heavy atom. The summed E-state index contributed by atoms with van der Waals surface area (Å²) in [4.78, 5) is 12.5. The molecule has 0 atom stereocenters. The van der Waals surface area contributed by atoms with Gasteiger partial charge in [0.05, 0.1) is 18.5 Å². The predicted octanol–water partition coefficient (Wildman–Crippen LogP) is 3.43. The van der Waals surface area contributed by atoms with E-state index in [0.29, 0.717) is 23.2 Å². The minimum Gasteiger partial charge on any atom is -0.481 e. The Balaban J connectivity index is 1.91. The van der Waals surface area contributed by atoms with E-state index in [1.54, 1.807) is 49.8 Å². The maximum absolute atomic E-state index is 13.7. The van der Waals surface area contributed by atoms with Crippen LogP contribution < -0.4 is 10.1 Å². The van der Waals surface area contributed by atoms with Gasteiger partial charge in [-0.3, -0.25) is 0 Å². The fourth-order valence-corrected chi connectivity index (χ4v) is 1.94. The zero-order valence-corrected chi connectivity index (χ0v) is 11.8. The fraction of sp³-hybridized carbons (Fsp3) is 0.0625. The molecule has 2 aromatic heterocycles. The number of aromatic nitrogens is 3. The van der Waals surface area contributed by atoms with Gasteiger partial charge in [0, 0.05) is 24.0 Å². The lowest BCUT2D eigenvalue weighted by Gasteiger charge is -2.08. The SMILES string of the molecule is COc1cc(-c2ccnc(Nc3ccccc3F)n2)ccn1. The Morgan fingerprint density at radius 3 is 2.68 bits per heavy atom. The molecule has 0 saturated heterocycles. The van der Waals surface area contributed by atoms with Crippen molar-refractivity contribution >= 4 is 11.6 Å². The van der Waals surface area contributed by atoms with Gasteiger partial charge in [0.2, 0.25) is 11.8 Å². The minimum atomic E-state index is -0.359. The lowest BCUT2D eigenvalue weighted by molar-refractivity contribution is 0.398. The van der Waals surface area contributed by atoms with E-state index in [4.69, 9.17) is 4.74 Å². The summed E-state index contributed by atoms with van der Waals surface area (Å²) in [7, 11) is 1.55. The van der Waals surface area contributed by atoms with E-state index < -0.39 is 0 Å². The second kappa shape index (κ2) is 6.17. The molecule has 2 heterocycles. The Hall–Kier alpha value is -3.02. The van der Waals surface area contributed by atoms with Gasteiger partial charge in [0.1, 0.15) is 5.82 Å². The summed E-state index contributed by atoms with van der Waals surface area (Å²) >= 11 is 0. The Bertz CT molecular complexity index is 794. The summed E-state index contributed by atoms with van der Waals surface area (Å²) in [5.41, 5.74) is 1.85. The van der Waals surface area contributed by atoms with Crippen molar-refractivity contribution in [2.24, 2.45) is 0 Å². The van der Waals surface area contributed by atoms with Crippen LogP contribution in [0.5, 0.6) is 5.88 Å². The highest BCUT2D eigenvalue weighted by Crippen LogP contribution is 2.22. The van der Waals surface area contributed by atoms with Crippen LogP contribution in [-0.4, -0.2) is 22.1 Å². The molecular weight excluding hydrogens is 283 g/mol. The summed E-state index contributed by atoms with van der Waals surface area (Å²) in [6.45, 7) is 0. The number of ether oxygens (including phenoxy) is 1. The maximum atomic E-state index is 13.7. The highest BCUT2D eigenvalue weighted by Gasteiger charge is 2.06. The largest absolute Gasteiger partial charge is 0.481 e. The maximum Gasteiger partial charge on any atom is 0.227 e. The predicted molar refractivity (Wildman–Crippen MR) is 81.5 cm³/mol. The Kier molecular flexibility index (Phi) is 3.91. The van der Waals surface area contributed by atoms with Crippen LogP contribution in [-0.2, 0) is 0 Å². The summed E-state index contributed by atoms with van der Waals surface area (Å²) in [5, 5.41) is 2.87. The number of nitrogens with zero attached hydrogens (tertiary/aromatic N) is 3. The number of pyridine rings is 1. The highest BCUT2D eigenvalue weighted by molar-refractivity contribution is 5.62. The smallest absolute Gasteiger partial charge is 0.227 e. The molecule has 22 heavy (non-hydrogen) atoms. The molecule has 5 nitrogen and oxygen atoms in total. The molecule has 0 radical (unpaired) electrons. The summed E-state index contributed by atoms with van der Waals surface area (Å²) < 4.78 is 18.8.